The molecule has 0 saturated heterocycles. The van der Waals surface area contributed by atoms with Crippen molar-refractivity contribution in [1.29, 1.82) is 0 Å². The Morgan fingerprint density at radius 3 is 2.62 bits per heavy atom. The van der Waals surface area contributed by atoms with Crippen LogP contribution in [0, 0.1) is 0 Å². The molecule has 1 amide bonds. The molecule has 0 bridgehead atoms. The van der Waals surface area contributed by atoms with Crippen molar-refractivity contribution in [2.75, 3.05) is 5.32 Å². The molecule has 1 saturated carbocycles. The SMILES string of the molecule is O=C(Nc1nn(Cc2ccc(Cl)cc2Cl)cc1Br)c1cc2nc(C3CC3)cc(C(F)(F)F)n2n1. The molecule has 1 aliphatic carbocycles. The topological polar surface area (TPSA) is 77.1 Å². The van der Waals surface area contributed by atoms with Crippen LogP contribution in [0.15, 0.2) is 41.0 Å². The van der Waals surface area contributed by atoms with Crippen LogP contribution in [0.1, 0.15) is 46.2 Å². The lowest BCUT2D eigenvalue weighted by molar-refractivity contribution is -0.142. The van der Waals surface area contributed by atoms with Gasteiger partial charge in [0, 0.05) is 33.9 Å². The number of anilines is 1. The van der Waals surface area contributed by atoms with E-state index < -0.39 is 17.8 Å². The highest BCUT2D eigenvalue weighted by atomic mass is 79.9. The molecular weight excluding hydrogens is 560 g/mol. The van der Waals surface area contributed by atoms with E-state index in [0.717, 1.165) is 24.5 Å². The van der Waals surface area contributed by atoms with Crippen LogP contribution >= 0.6 is 39.1 Å². The van der Waals surface area contributed by atoms with Gasteiger partial charge in [0.15, 0.2) is 17.2 Å². The van der Waals surface area contributed by atoms with Crippen molar-refractivity contribution in [3.8, 4) is 0 Å². The van der Waals surface area contributed by atoms with Crippen LogP contribution in [-0.2, 0) is 12.7 Å². The van der Waals surface area contributed by atoms with Gasteiger partial charge in [0.25, 0.3) is 5.91 Å². The predicted octanol–water partition coefficient (Wildman–Crippen LogP) is 6.19. The number of rotatable bonds is 5. The Hall–Kier alpha value is -2.63. The molecule has 13 heteroatoms. The number of nitrogens with one attached hydrogen (secondary N) is 1. The summed E-state index contributed by atoms with van der Waals surface area (Å²) in [5.74, 6) is -0.538. The van der Waals surface area contributed by atoms with E-state index in [9.17, 15) is 18.0 Å². The van der Waals surface area contributed by atoms with Gasteiger partial charge in [-0.25, -0.2) is 9.50 Å². The number of carbonyl (C=O) groups excluding carboxylic acids is 1. The lowest BCUT2D eigenvalue weighted by Crippen LogP contribution is -2.16. The standard InChI is InChI=1S/C21H14BrCl2F3N6O/c22-13-9-32(8-11-3-4-12(23)5-14(11)24)31-19(13)29-20(34)16-7-18-28-15(10-1-2-10)6-17(21(25,26)27)33(18)30-16/h3-7,9-10H,1-2,8H2,(H,29,31,34). The molecule has 176 valence electrons. The van der Waals surface area contributed by atoms with E-state index in [1.54, 1.807) is 29.1 Å². The Bertz CT molecular complexity index is 1430. The number of hydrogen-bond acceptors (Lipinski definition) is 4. The number of hydrogen-bond donors (Lipinski definition) is 1. The molecule has 0 unspecified atom stereocenters. The first-order valence-corrected chi connectivity index (χ1v) is 11.6. The molecule has 0 atom stereocenters. The van der Waals surface area contributed by atoms with E-state index in [4.69, 9.17) is 23.2 Å². The second-order valence-corrected chi connectivity index (χ2v) is 9.55. The van der Waals surface area contributed by atoms with Crippen molar-refractivity contribution in [3.63, 3.8) is 0 Å². The number of fused-ring (bicyclic) bond motifs is 1. The number of benzene rings is 1. The van der Waals surface area contributed by atoms with Gasteiger partial charge in [-0.05, 0) is 52.5 Å². The highest BCUT2D eigenvalue weighted by Gasteiger charge is 2.37. The Morgan fingerprint density at radius 2 is 1.94 bits per heavy atom. The highest BCUT2D eigenvalue weighted by molar-refractivity contribution is 9.10. The summed E-state index contributed by atoms with van der Waals surface area (Å²) in [6.45, 7) is 0.307. The number of amides is 1. The van der Waals surface area contributed by atoms with Crippen molar-refractivity contribution >= 4 is 56.5 Å². The number of aromatic nitrogens is 5. The summed E-state index contributed by atoms with van der Waals surface area (Å²) >= 11 is 15.5. The molecule has 7 nitrogen and oxygen atoms in total. The Morgan fingerprint density at radius 1 is 1.18 bits per heavy atom. The Kier molecular flexibility index (Phi) is 5.81. The van der Waals surface area contributed by atoms with Gasteiger partial charge in [-0.1, -0.05) is 29.3 Å². The van der Waals surface area contributed by atoms with Gasteiger partial charge < -0.3 is 5.32 Å². The van der Waals surface area contributed by atoms with Gasteiger partial charge in [0.1, 0.15) is 5.69 Å². The molecule has 1 aliphatic rings. The first kappa shape index (κ1) is 23.1. The van der Waals surface area contributed by atoms with Gasteiger partial charge in [0.2, 0.25) is 0 Å². The quantitative estimate of drug-likeness (QED) is 0.309. The molecule has 1 N–H and O–H groups in total. The van der Waals surface area contributed by atoms with Gasteiger partial charge in [-0.2, -0.15) is 23.4 Å². The zero-order chi connectivity index (χ0) is 24.2. The average Bonchev–Trinajstić information content (AvgIpc) is 3.43. The fraction of sp³-hybridized carbons (Fsp3) is 0.238. The van der Waals surface area contributed by atoms with E-state index >= 15 is 0 Å². The highest BCUT2D eigenvalue weighted by Crippen LogP contribution is 2.41. The maximum Gasteiger partial charge on any atom is 0.433 e. The maximum atomic E-state index is 13.6. The second-order valence-electron chi connectivity index (χ2n) is 7.85. The number of alkyl halides is 3. The van der Waals surface area contributed by atoms with E-state index in [0.29, 0.717) is 31.3 Å². The normalized spacial score (nSPS) is 14.1. The Balaban J connectivity index is 1.40. The number of halogens is 6. The summed E-state index contributed by atoms with van der Waals surface area (Å²) in [4.78, 5) is 17.1. The fourth-order valence-corrected chi connectivity index (χ4v) is 4.34. The minimum absolute atomic E-state index is 0.00680. The summed E-state index contributed by atoms with van der Waals surface area (Å²) in [5.41, 5.74) is -0.105. The molecule has 0 spiro atoms. The zero-order valence-electron chi connectivity index (χ0n) is 17.1. The predicted molar refractivity (Wildman–Crippen MR) is 123 cm³/mol. The van der Waals surface area contributed by atoms with E-state index in [1.165, 1.54) is 6.07 Å². The van der Waals surface area contributed by atoms with Crippen molar-refractivity contribution < 1.29 is 18.0 Å². The first-order chi connectivity index (χ1) is 16.1. The second kappa shape index (κ2) is 8.54. The molecule has 1 fully saturated rings. The number of nitrogens with zero attached hydrogens (tertiary/aromatic N) is 5. The van der Waals surface area contributed by atoms with Crippen LogP contribution in [0.3, 0.4) is 0 Å². The fourth-order valence-electron chi connectivity index (χ4n) is 3.45. The van der Waals surface area contributed by atoms with Crippen molar-refractivity contribution in [2.24, 2.45) is 0 Å². The first-order valence-electron chi connectivity index (χ1n) is 10.0. The monoisotopic (exact) mass is 572 g/mol. The number of carbonyl (C=O) groups is 1. The maximum absolute atomic E-state index is 13.6. The molecule has 34 heavy (non-hydrogen) atoms. The molecule has 0 radical (unpaired) electrons. The molecule has 5 rings (SSSR count). The molecule has 0 aliphatic heterocycles. The van der Waals surface area contributed by atoms with Gasteiger partial charge >= 0.3 is 6.18 Å². The van der Waals surface area contributed by atoms with Gasteiger partial charge in [-0.3, -0.25) is 9.48 Å². The van der Waals surface area contributed by atoms with Crippen molar-refractivity contribution in [1.82, 2.24) is 24.4 Å². The lowest BCUT2D eigenvalue weighted by Gasteiger charge is -2.10. The van der Waals surface area contributed by atoms with Crippen LogP contribution in [-0.4, -0.2) is 30.3 Å². The lowest BCUT2D eigenvalue weighted by atomic mass is 10.2. The minimum Gasteiger partial charge on any atom is -0.303 e. The average molecular weight is 574 g/mol. The van der Waals surface area contributed by atoms with Gasteiger partial charge in [0.05, 0.1) is 11.0 Å². The van der Waals surface area contributed by atoms with Crippen molar-refractivity contribution in [3.05, 3.63) is 73.7 Å². The van der Waals surface area contributed by atoms with Crippen LogP contribution in [0.25, 0.3) is 5.65 Å². The van der Waals surface area contributed by atoms with E-state index in [1.807, 2.05) is 0 Å². The van der Waals surface area contributed by atoms with Gasteiger partial charge in [-0.15, -0.1) is 0 Å². The molecule has 4 aromatic rings. The van der Waals surface area contributed by atoms with Crippen molar-refractivity contribution in [2.45, 2.75) is 31.5 Å². The van der Waals surface area contributed by atoms with Crippen LogP contribution in [0.4, 0.5) is 19.0 Å². The van der Waals surface area contributed by atoms with Crippen LogP contribution in [0.2, 0.25) is 10.0 Å². The largest absolute Gasteiger partial charge is 0.433 e. The third kappa shape index (κ3) is 4.64. The smallest absolute Gasteiger partial charge is 0.303 e. The minimum atomic E-state index is -4.64. The third-order valence-electron chi connectivity index (χ3n) is 5.26. The summed E-state index contributed by atoms with van der Waals surface area (Å²) in [7, 11) is 0. The summed E-state index contributed by atoms with van der Waals surface area (Å²) in [5, 5.41) is 11.7. The van der Waals surface area contributed by atoms with E-state index in [2.05, 4.69) is 36.4 Å². The molecular formula is C21H14BrCl2F3N6O. The summed E-state index contributed by atoms with van der Waals surface area (Å²) < 4.78 is 43.5. The molecule has 3 heterocycles. The molecule has 1 aromatic carbocycles. The zero-order valence-corrected chi connectivity index (χ0v) is 20.2. The molecule has 3 aromatic heterocycles. The van der Waals surface area contributed by atoms with E-state index in [-0.39, 0.29) is 23.1 Å². The summed E-state index contributed by atoms with van der Waals surface area (Å²) in [6.07, 6.45) is -1.43. The van der Waals surface area contributed by atoms with Crippen LogP contribution in [0.5, 0.6) is 0 Å². The Labute approximate surface area is 209 Å². The third-order valence-corrected chi connectivity index (χ3v) is 6.43. The van der Waals surface area contributed by atoms with Crippen LogP contribution < -0.4 is 5.32 Å². The summed E-state index contributed by atoms with van der Waals surface area (Å²) in [6, 6.07) is 7.30.